The molecule has 0 unspecified atom stereocenters. The number of amides is 2. The lowest BCUT2D eigenvalue weighted by Crippen LogP contribution is -2.41. The third-order valence-electron chi connectivity index (χ3n) is 4.93. The number of carbonyl (C=O) groups excluding carboxylic acids is 3. The lowest BCUT2D eigenvalue weighted by molar-refractivity contribution is -0.890. The molecule has 1 aromatic rings. The van der Waals surface area contributed by atoms with E-state index in [1.54, 1.807) is 0 Å². The molecule has 0 aliphatic rings. The van der Waals surface area contributed by atoms with Crippen molar-refractivity contribution >= 4 is 23.5 Å². The van der Waals surface area contributed by atoms with Crippen LogP contribution in [0.15, 0.2) is 42.5 Å². The number of anilines is 1. The number of ether oxygens (including phenoxy) is 1. The molecule has 0 fully saturated rings. The number of carbonyl (C=O) groups is 3. The molecule has 0 aromatic heterocycles. The summed E-state index contributed by atoms with van der Waals surface area (Å²) >= 11 is 0. The molecule has 8 nitrogen and oxygen atoms in total. The number of para-hydroxylation sites is 1. The highest BCUT2D eigenvalue weighted by Crippen LogP contribution is 2.10. The molecule has 1 rings (SSSR count). The maximum atomic E-state index is 11.9. The van der Waals surface area contributed by atoms with E-state index in [1.165, 1.54) is 7.11 Å². The van der Waals surface area contributed by atoms with Crippen LogP contribution in [0.4, 0.5) is 5.69 Å². The third-order valence-corrected chi connectivity index (χ3v) is 4.93. The fourth-order valence-corrected chi connectivity index (χ4v) is 3.06. The number of rotatable bonds is 14. The fraction of sp³-hybridized carbons (Fsp3) is 0.522. The van der Waals surface area contributed by atoms with Crippen LogP contribution in [-0.4, -0.2) is 73.4 Å². The Morgan fingerprint density at radius 3 is 2.29 bits per heavy atom. The van der Waals surface area contributed by atoms with E-state index in [9.17, 15) is 19.6 Å². The van der Waals surface area contributed by atoms with Crippen molar-refractivity contribution in [2.75, 3.05) is 46.2 Å². The molecule has 2 amide bonds. The van der Waals surface area contributed by atoms with Gasteiger partial charge in [0, 0.05) is 30.8 Å². The second-order valence-electron chi connectivity index (χ2n) is 8.13. The summed E-state index contributed by atoms with van der Waals surface area (Å²) in [4.78, 5) is 34.6. The van der Waals surface area contributed by atoms with Gasteiger partial charge >= 0.3 is 5.97 Å². The van der Waals surface area contributed by atoms with Gasteiger partial charge in [-0.1, -0.05) is 18.2 Å². The summed E-state index contributed by atoms with van der Waals surface area (Å²) in [5, 5.41) is 13.2. The van der Waals surface area contributed by atoms with Gasteiger partial charge in [-0.3, -0.25) is 14.8 Å². The number of methoxy groups -OCH3 is 1. The van der Waals surface area contributed by atoms with Gasteiger partial charge in [0.2, 0.25) is 5.91 Å². The van der Waals surface area contributed by atoms with Crippen LogP contribution < -0.4 is 5.32 Å². The first-order valence-corrected chi connectivity index (χ1v) is 10.7. The van der Waals surface area contributed by atoms with Crippen molar-refractivity contribution in [2.45, 2.75) is 38.5 Å². The summed E-state index contributed by atoms with van der Waals surface area (Å²) in [7, 11) is 5.53. The maximum Gasteiger partial charge on any atom is 0.330 e. The summed E-state index contributed by atoms with van der Waals surface area (Å²) < 4.78 is 5.24. The van der Waals surface area contributed by atoms with E-state index in [4.69, 9.17) is 0 Å². The molecule has 0 saturated carbocycles. The van der Waals surface area contributed by atoms with Crippen LogP contribution in [0.5, 0.6) is 0 Å². The van der Waals surface area contributed by atoms with E-state index in [-0.39, 0.29) is 12.5 Å². The van der Waals surface area contributed by atoms with Gasteiger partial charge < -0.3 is 14.5 Å². The van der Waals surface area contributed by atoms with Crippen LogP contribution in [0.2, 0.25) is 0 Å². The van der Waals surface area contributed by atoms with Gasteiger partial charge in [0.25, 0.3) is 5.91 Å². The third kappa shape index (κ3) is 12.6. The minimum atomic E-state index is -0.643. The Morgan fingerprint density at radius 1 is 1.00 bits per heavy atom. The predicted molar refractivity (Wildman–Crippen MR) is 119 cm³/mol. The molecule has 0 aliphatic carbocycles. The first-order chi connectivity index (χ1) is 14.7. The first-order valence-electron chi connectivity index (χ1n) is 10.7. The van der Waals surface area contributed by atoms with Crippen LogP contribution in [0.1, 0.15) is 38.5 Å². The smallest absolute Gasteiger partial charge is 0.330 e. The molecule has 172 valence electrons. The molecule has 0 saturated heterocycles. The number of esters is 1. The van der Waals surface area contributed by atoms with E-state index in [1.807, 2.05) is 30.3 Å². The molecule has 1 aromatic carbocycles. The number of benzene rings is 1. The van der Waals surface area contributed by atoms with Crippen LogP contribution in [0.25, 0.3) is 0 Å². The second kappa shape index (κ2) is 14.3. The standard InChI is InChI=1S/C23H35N3O5/c1-26(2,19-11-9-17-25(30)22(28)15-16-23(29)31-3)18-10-5-8-14-21(27)24-20-12-6-4-7-13-20/h4,6-7,12-13,15-16,30H,5,8-11,14,17-19H2,1-3H3/p+1. The highest BCUT2D eigenvalue weighted by molar-refractivity contribution is 5.94. The summed E-state index contributed by atoms with van der Waals surface area (Å²) in [5.41, 5.74) is 0.827. The molecular weight excluding hydrogens is 398 g/mol. The van der Waals surface area contributed by atoms with Crippen LogP contribution in [0, 0.1) is 0 Å². The largest absolute Gasteiger partial charge is 0.466 e. The molecule has 0 heterocycles. The normalized spacial score (nSPS) is 11.4. The molecule has 0 bridgehead atoms. The highest BCUT2D eigenvalue weighted by Gasteiger charge is 2.15. The van der Waals surface area contributed by atoms with E-state index < -0.39 is 11.9 Å². The minimum absolute atomic E-state index is 0.0458. The molecule has 2 N–H and O–H groups in total. The van der Waals surface area contributed by atoms with E-state index >= 15 is 0 Å². The lowest BCUT2D eigenvalue weighted by Gasteiger charge is -2.30. The molecule has 0 spiro atoms. The molecule has 0 radical (unpaired) electrons. The average molecular weight is 435 g/mol. The van der Waals surface area contributed by atoms with Gasteiger partial charge in [-0.2, -0.15) is 0 Å². The van der Waals surface area contributed by atoms with Gasteiger partial charge in [-0.25, -0.2) is 9.86 Å². The summed E-state index contributed by atoms with van der Waals surface area (Å²) in [5.74, 6) is -1.24. The Morgan fingerprint density at radius 2 is 1.65 bits per heavy atom. The van der Waals surface area contributed by atoms with E-state index in [0.717, 1.165) is 61.1 Å². The Labute approximate surface area is 185 Å². The van der Waals surface area contributed by atoms with Crippen molar-refractivity contribution in [1.82, 2.24) is 5.06 Å². The molecule has 0 aliphatic heterocycles. The topological polar surface area (TPSA) is 95.9 Å². The Hall–Kier alpha value is -2.71. The summed E-state index contributed by atoms with van der Waals surface area (Å²) in [6.07, 6.45) is 6.91. The van der Waals surface area contributed by atoms with E-state index in [0.29, 0.717) is 17.9 Å². The molecule has 0 atom stereocenters. The lowest BCUT2D eigenvalue weighted by atomic mass is 10.1. The highest BCUT2D eigenvalue weighted by atomic mass is 16.5. The fourth-order valence-electron chi connectivity index (χ4n) is 3.06. The molecular formula is C23H36N3O5+. The Kier molecular flexibility index (Phi) is 12.2. The van der Waals surface area contributed by atoms with Crippen LogP contribution in [-0.2, 0) is 19.1 Å². The minimum Gasteiger partial charge on any atom is -0.466 e. The SMILES string of the molecule is COC(=O)C=CC(=O)N(O)CCCC[N+](C)(C)CCCCCC(=O)Nc1ccccc1. The van der Waals surface area contributed by atoms with Gasteiger partial charge in [-0.05, 0) is 44.2 Å². The van der Waals surface area contributed by atoms with Crippen molar-refractivity contribution in [3.63, 3.8) is 0 Å². The predicted octanol–water partition coefficient (Wildman–Crippen LogP) is 2.99. The average Bonchev–Trinajstić information content (AvgIpc) is 2.74. The zero-order chi connectivity index (χ0) is 23.1. The zero-order valence-corrected chi connectivity index (χ0v) is 18.9. The monoisotopic (exact) mass is 434 g/mol. The van der Waals surface area contributed by atoms with E-state index in [2.05, 4.69) is 24.1 Å². The number of nitrogens with one attached hydrogen (secondary N) is 1. The Balaban J connectivity index is 2.13. The zero-order valence-electron chi connectivity index (χ0n) is 18.9. The number of unbranched alkanes of at least 4 members (excludes halogenated alkanes) is 3. The van der Waals surface area contributed by atoms with Crippen molar-refractivity contribution in [3.8, 4) is 0 Å². The maximum absolute atomic E-state index is 11.9. The number of hydroxylamine groups is 2. The van der Waals surface area contributed by atoms with Crippen molar-refractivity contribution in [2.24, 2.45) is 0 Å². The number of hydrogen-bond donors (Lipinski definition) is 2. The number of quaternary nitrogens is 1. The van der Waals surface area contributed by atoms with Crippen LogP contribution >= 0.6 is 0 Å². The quantitative estimate of drug-likeness (QED) is 0.117. The van der Waals surface area contributed by atoms with Gasteiger partial charge in [0.15, 0.2) is 0 Å². The van der Waals surface area contributed by atoms with Crippen molar-refractivity contribution in [3.05, 3.63) is 42.5 Å². The number of hydrogen-bond acceptors (Lipinski definition) is 5. The van der Waals surface area contributed by atoms with Gasteiger partial charge in [0.05, 0.1) is 34.3 Å². The summed E-state index contributed by atoms with van der Waals surface area (Å²) in [6, 6.07) is 9.47. The molecule has 31 heavy (non-hydrogen) atoms. The van der Waals surface area contributed by atoms with Gasteiger partial charge in [-0.15, -0.1) is 0 Å². The second-order valence-corrected chi connectivity index (χ2v) is 8.13. The van der Waals surface area contributed by atoms with Crippen LogP contribution in [0.3, 0.4) is 0 Å². The van der Waals surface area contributed by atoms with Crippen molar-refractivity contribution < 1.29 is 28.8 Å². The molecule has 8 heteroatoms. The Bertz CT molecular complexity index is 719. The summed E-state index contributed by atoms with van der Waals surface area (Å²) in [6.45, 7) is 2.14. The van der Waals surface area contributed by atoms with Gasteiger partial charge in [0.1, 0.15) is 0 Å². The number of nitrogens with zero attached hydrogens (tertiary/aromatic N) is 2. The van der Waals surface area contributed by atoms with Crippen molar-refractivity contribution in [1.29, 1.82) is 0 Å². The first kappa shape index (κ1) is 26.3.